The molecule has 2 fully saturated rings. The van der Waals surface area contributed by atoms with Gasteiger partial charge in [-0.15, -0.1) is 6.58 Å². The van der Waals surface area contributed by atoms with E-state index in [4.69, 9.17) is 18.9 Å². The average Bonchev–Trinajstić information content (AvgIpc) is 3.02. The van der Waals surface area contributed by atoms with Gasteiger partial charge in [0.15, 0.2) is 12.1 Å². The highest BCUT2D eigenvalue weighted by atomic mass is 19.1. The first-order valence-electron chi connectivity index (χ1n) is 8.16. The summed E-state index contributed by atoms with van der Waals surface area (Å²) in [5.74, 6) is -1.28. The van der Waals surface area contributed by atoms with Crippen molar-refractivity contribution in [1.82, 2.24) is 0 Å². The molecule has 2 N–H and O–H groups in total. The topological polar surface area (TPSA) is 77.4 Å². The molecule has 0 bridgehead atoms. The summed E-state index contributed by atoms with van der Waals surface area (Å²) < 4.78 is 35.9. The maximum atomic E-state index is 13.9. The van der Waals surface area contributed by atoms with Crippen LogP contribution in [0.25, 0.3) is 0 Å². The molecule has 0 saturated carbocycles. The van der Waals surface area contributed by atoms with Crippen molar-refractivity contribution in [2.45, 2.75) is 56.9 Å². The maximum absolute atomic E-state index is 13.9. The predicted octanol–water partition coefficient (Wildman–Crippen LogP) is 1.80. The second kappa shape index (κ2) is 7.11. The molecule has 0 spiro atoms. The molecule has 2 heterocycles. The van der Waals surface area contributed by atoms with Crippen LogP contribution in [0.15, 0.2) is 30.9 Å². The van der Waals surface area contributed by atoms with Gasteiger partial charge in [-0.2, -0.15) is 0 Å². The van der Waals surface area contributed by atoms with Gasteiger partial charge in [-0.3, -0.25) is 0 Å². The van der Waals surface area contributed by atoms with Crippen molar-refractivity contribution in [2.75, 3.05) is 6.61 Å². The van der Waals surface area contributed by atoms with Crippen LogP contribution in [0.5, 0.6) is 0 Å². The van der Waals surface area contributed by atoms with E-state index in [1.807, 2.05) is 0 Å². The molecular formula is C18H23FO6. The Bertz CT molecular complexity index is 634. The number of aliphatic hydroxyl groups is 2. The third kappa shape index (κ3) is 3.76. The van der Waals surface area contributed by atoms with E-state index in [2.05, 4.69) is 6.58 Å². The number of fused-ring (bicyclic) bond motifs is 1. The second-order valence-electron chi connectivity index (χ2n) is 6.66. The zero-order valence-electron chi connectivity index (χ0n) is 14.2. The molecule has 0 aromatic heterocycles. The minimum absolute atomic E-state index is 0.0537. The fourth-order valence-electron chi connectivity index (χ4n) is 3.11. The predicted molar refractivity (Wildman–Crippen MR) is 85.9 cm³/mol. The van der Waals surface area contributed by atoms with E-state index in [1.54, 1.807) is 19.9 Å². The van der Waals surface area contributed by atoms with Crippen molar-refractivity contribution >= 4 is 0 Å². The Balaban J connectivity index is 1.72. The highest BCUT2D eigenvalue weighted by molar-refractivity contribution is 5.27. The van der Waals surface area contributed by atoms with E-state index in [-0.39, 0.29) is 6.61 Å². The van der Waals surface area contributed by atoms with Gasteiger partial charge in [-0.1, -0.05) is 12.1 Å². The molecule has 0 unspecified atom stereocenters. The van der Waals surface area contributed by atoms with Crippen LogP contribution in [-0.2, 0) is 25.6 Å². The molecule has 2 saturated heterocycles. The van der Waals surface area contributed by atoms with Gasteiger partial charge in [-0.25, -0.2) is 4.39 Å². The quantitative estimate of drug-likeness (QED) is 0.599. The Morgan fingerprint density at radius 3 is 2.84 bits per heavy atom. The third-order valence-electron chi connectivity index (χ3n) is 4.27. The molecule has 138 valence electrons. The normalized spacial score (nSPS) is 31.7. The van der Waals surface area contributed by atoms with Gasteiger partial charge in [0.2, 0.25) is 0 Å². The first-order valence-corrected chi connectivity index (χ1v) is 8.16. The third-order valence-corrected chi connectivity index (χ3v) is 4.27. The van der Waals surface area contributed by atoms with Crippen LogP contribution >= 0.6 is 0 Å². The minimum Gasteiger partial charge on any atom is -0.387 e. The second-order valence-corrected chi connectivity index (χ2v) is 6.66. The van der Waals surface area contributed by atoms with Crippen LogP contribution in [0.2, 0.25) is 0 Å². The summed E-state index contributed by atoms with van der Waals surface area (Å²) in [5.41, 5.74) is 0.724. The highest BCUT2D eigenvalue weighted by Crippen LogP contribution is 2.41. The van der Waals surface area contributed by atoms with E-state index in [1.165, 1.54) is 18.2 Å². The first-order chi connectivity index (χ1) is 11.8. The lowest BCUT2D eigenvalue weighted by Gasteiger charge is -2.26. The average molecular weight is 354 g/mol. The maximum Gasteiger partial charge on any atom is 0.190 e. The van der Waals surface area contributed by atoms with Crippen molar-refractivity contribution in [2.24, 2.45) is 0 Å². The smallest absolute Gasteiger partial charge is 0.190 e. The zero-order valence-corrected chi connectivity index (χ0v) is 14.2. The molecule has 5 atom stereocenters. The van der Waals surface area contributed by atoms with E-state index in [0.29, 0.717) is 17.7 Å². The van der Waals surface area contributed by atoms with E-state index < -0.39 is 42.3 Å². The van der Waals surface area contributed by atoms with Crippen molar-refractivity contribution in [3.05, 3.63) is 47.8 Å². The zero-order chi connectivity index (χ0) is 18.2. The number of rotatable bonds is 6. The number of hydrogen-bond acceptors (Lipinski definition) is 6. The van der Waals surface area contributed by atoms with Crippen LogP contribution in [-0.4, -0.2) is 47.2 Å². The van der Waals surface area contributed by atoms with Gasteiger partial charge in [0.05, 0.1) is 13.2 Å². The van der Waals surface area contributed by atoms with Gasteiger partial charge >= 0.3 is 0 Å². The molecule has 0 aliphatic carbocycles. The van der Waals surface area contributed by atoms with Gasteiger partial charge in [-0.05, 0) is 31.5 Å². The van der Waals surface area contributed by atoms with Crippen LogP contribution in [0.4, 0.5) is 4.39 Å². The van der Waals surface area contributed by atoms with E-state index in [9.17, 15) is 14.6 Å². The summed E-state index contributed by atoms with van der Waals surface area (Å²) in [4.78, 5) is 0. The standard InChI is InChI=1S/C18H23FO6/c1-4-7-22-9-11-8-10(5-6-12(11)19)13(20)15-14(21)16-17(23-15)25-18(2,3)24-16/h4-6,8,13-17,20-21H,1,7,9H2,2-3H3/t13-,14+,15-,16-,17-/m0/s1. The fourth-order valence-corrected chi connectivity index (χ4v) is 3.11. The molecule has 1 aromatic rings. The first kappa shape index (κ1) is 18.4. The summed E-state index contributed by atoms with van der Waals surface area (Å²) >= 11 is 0. The van der Waals surface area contributed by atoms with Crippen LogP contribution in [0, 0.1) is 5.82 Å². The number of ether oxygens (including phenoxy) is 4. The Hall–Kier alpha value is -1.35. The molecular weight excluding hydrogens is 331 g/mol. The summed E-state index contributed by atoms with van der Waals surface area (Å²) in [6.45, 7) is 7.33. The Kier molecular flexibility index (Phi) is 5.24. The SMILES string of the molecule is C=CCOCc1cc([C@H](O)[C@@H]2O[C@H]3OC(C)(C)O[C@H]3[C@@H]2O)ccc1F. The Morgan fingerprint density at radius 1 is 1.40 bits per heavy atom. The molecule has 2 aliphatic rings. The van der Waals surface area contributed by atoms with Crippen LogP contribution < -0.4 is 0 Å². The molecule has 6 nitrogen and oxygen atoms in total. The van der Waals surface area contributed by atoms with Crippen molar-refractivity contribution < 1.29 is 33.6 Å². The van der Waals surface area contributed by atoms with Gasteiger partial charge in [0, 0.05) is 5.56 Å². The molecule has 0 amide bonds. The fraction of sp³-hybridized carbons (Fsp3) is 0.556. The minimum atomic E-state index is -1.16. The van der Waals surface area contributed by atoms with Crippen LogP contribution in [0.1, 0.15) is 31.1 Å². The summed E-state index contributed by atoms with van der Waals surface area (Å²) in [7, 11) is 0. The Morgan fingerprint density at radius 2 is 2.16 bits per heavy atom. The van der Waals surface area contributed by atoms with Crippen molar-refractivity contribution in [1.29, 1.82) is 0 Å². The lowest BCUT2D eigenvalue weighted by atomic mass is 9.97. The number of halogens is 1. The molecule has 3 rings (SSSR count). The van der Waals surface area contributed by atoms with Crippen molar-refractivity contribution in [3.8, 4) is 0 Å². The van der Waals surface area contributed by atoms with E-state index in [0.717, 1.165) is 0 Å². The van der Waals surface area contributed by atoms with Crippen LogP contribution in [0.3, 0.4) is 0 Å². The number of benzene rings is 1. The van der Waals surface area contributed by atoms with Gasteiger partial charge in [0.25, 0.3) is 0 Å². The van der Waals surface area contributed by atoms with Crippen molar-refractivity contribution in [3.63, 3.8) is 0 Å². The highest BCUT2D eigenvalue weighted by Gasteiger charge is 2.56. The largest absolute Gasteiger partial charge is 0.387 e. The lowest BCUT2D eigenvalue weighted by Crippen LogP contribution is -2.37. The molecule has 2 aliphatic heterocycles. The van der Waals surface area contributed by atoms with Gasteiger partial charge in [0.1, 0.15) is 30.2 Å². The Labute approximate surface area is 145 Å². The molecule has 1 aromatic carbocycles. The lowest BCUT2D eigenvalue weighted by molar-refractivity contribution is -0.226. The molecule has 7 heteroatoms. The summed E-state index contributed by atoms with van der Waals surface area (Å²) in [5, 5.41) is 21.0. The number of hydrogen-bond donors (Lipinski definition) is 2. The van der Waals surface area contributed by atoms with E-state index >= 15 is 0 Å². The monoisotopic (exact) mass is 354 g/mol. The number of aliphatic hydroxyl groups excluding tert-OH is 2. The molecule has 0 radical (unpaired) electrons. The summed E-state index contributed by atoms with van der Waals surface area (Å²) in [6, 6.07) is 4.20. The molecule has 25 heavy (non-hydrogen) atoms. The summed E-state index contributed by atoms with van der Waals surface area (Å²) in [6.07, 6.45) is -3.01. The van der Waals surface area contributed by atoms with Gasteiger partial charge < -0.3 is 29.2 Å².